The number of nitrogens with one attached hydrogen (secondary N) is 2. The third-order valence-electron chi connectivity index (χ3n) is 6.25. The second kappa shape index (κ2) is 10.1. The number of amides is 1. The van der Waals surface area contributed by atoms with Gasteiger partial charge in [-0.1, -0.05) is 36.4 Å². The molecule has 1 aliphatic heterocycles. The zero-order valence-corrected chi connectivity index (χ0v) is 19.9. The van der Waals surface area contributed by atoms with E-state index in [4.69, 9.17) is 9.47 Å². The fourth-order valence-corrected chi connectivity index (χ4v) is 4.50. The molecule has 1 atom stereocenters. The Morgan fingerprint density at radius 2 is 1.75 bits per heavy atom. The molecular formula is C28H28FN3O4. The average molecular weight is 490 g/mol. The van der Waals surface area contributed by atoms with Crippen molar-refractivity contribution in [2.45, 2.75) is 31.9 Å². The number of ether oxygens (including phenoxy) is 2. The lowest BCUT2D eigenvalue weighted by Crippen LogP contribution is -2.34. The van der Waals surface area contributed by atoms with Crippen LogP contribution in [0.5, 0.6) is 0 Å². The maximum Gasteiger partial charge on any atom is 0.272 e. The van der Waals surface area contributed by atoms with Gasteiger partial charge < -0.3 is 29.8 Å². The average Bonchev–Trinajstić information content (AvgIpc) is 3.44. The number of para-hydroxylation sites is 1. The molecule has 186 valence electrons. The van der Waals surface area contributed by atoms with Crippen LogP contribution in [0.25, 0.3) is 10.9 Å². The Bertz CT molecular complexity index is 1370. The van der Waals surface area contributed by atoms with Crippen molar-refractivity contribution >= 4 is 28.2 Å². The van der Waals surface area contributed by atoms with Gasteiger partial charge in [-0.25, -0.2) is 4.39 Å². The number of fused-ring (bicyclic) bond motifs is 1. The van der Waals surface area contributed by atoms with E-state index in [0.717, 1.165) is 10.9 Å². The van der Waals surface area contributed by atoms with Crippen LogP contribution in [0, 0.1) is 5.82 Å². The largest absolute Gasteiger partial charge is 0.374 e. The second-order valence-corrected chi connectivity index (χ2v) is 9.00. The first-order valence-corrected chi connectivity index (χ1v) is 11.9. The fraction of sp³-hybridized carbons (Fsp3) is 0.250. The van der Waals surface area contributed by atoms with E-state index in [1.54, 1.807) is 35.8 Å². The van der Waals surface area contributed by atoms with Gasteiger partial charge in [0.15, 0.2) is 5.79 Å². The van der Waals surface area contributed by atoms with Crippen LogP contribution in [-0.4, -0.2) is 40.8 Å². The van der Waals surface area contributed by atoms with E-state index in [1.807, 2.05) is 48.5 Å². The number of halogens is 1. The van der Waals surface area contributed by atoms with E-state index in [9.17, 15) is 14.3 Å². The highest BCUT2D eigenvalue weighted by Gasteiger charge is 2.33. The summed E-state index contributed by atoms with van der Waals surface area (Å²) in [7, 11) is 0. The predicted octanol–water partition coefficient (Wildman–Crippen LogP) is 4.96. The molecule has 3 N–H and O–H groups in total. The Morgan fingerprint density at radius 1 is 1.03 bits per heavy atom. The van der Waals surface area contributed by atoms with Crippen LogP contribution < -0.4 is 10.6 Å². The number of hydrogen-bond donors (Lipinski definition) is 3. The zero-order chi connectivity index (χ0) is 25.1. The van der Waals surface area contributed by atoms with Gasteiger partial charge in [0.25, 0.3) is 5.91 Å². The Hall–Kier alpha value is -3.72. The number of carbonyl (C=O) groups excluding carboxylic acids is 1. The van der Waals surface area contributed by atoms with Gasteiger partial charge >= 0.3 is 0 Å². The third-order valence-corrected chi connectivity index (χ3v) is 6.25. The monoisotopic (exact) mass is 489 g/mol. The van der Waals surface area contributed by atoms with E-state index >= 15 is 0 Å². The number of hydrogen-bond acceptors (Lipinski definition) is 5. The van der Waals surface area contributed by atoms with Gasteiger partial charge in [-0.2, -0.15) is 0 Å². The smallest absolute Gasteiger partial charge is 0.272 e. The van der Waals surface area contributed by atoms with Crippen LogP contribution in [0.1, 0.15) is 29.4 Å². The standard InChI is InChI=1S/C28H28FN3O4/c1-28(35-13-14-36-28)17-26(33)30-22-11-12-24-20(15-22)16-25(27(34)31-21-8-3-2-4-9-21)32(24)18-19-7-5-6-10-23(19)29/h2-12,15-16,26,30,33H,13-14,17-18H2,1H3,(H,31,34). The fourth-order valence-electron chi connectivity index (χ4n) is 4.50. The lowest BCUT2D eigenvalue weighted by molar-refractivity contribution is -0.159. The maximum atomic E-state index is 14.5. The molecule has 36 heavy (non-hydrogen) atoms. The van der Waals surface area contributed by atoms with Gasteiger partial charge in [0, 0.05) is 34.3 Å². The van der Waals surface area contributed by atoms with E-state index in [2.05, 4.69) is 10.6 Å². The summed E-state index contributed by atoms with van der Waals surface area (Å²) in [6.45, 7) is 2.99. The summed E-state index contributed by atoms with van der Waals surface area (Å²) in [4.78, 5) is 13.3. The van der Waals surface area contributed by atoms with Crippen LogP contribution >= 0.6 is 0 Å². The normalized spacial score (nSPS) is 15.6. The minimum Gasteiger partial charge on any atom is -0.374 e. The highest BCUT2D eigenvalue weighted by molar-refractivity contribution is 6.06. The van der Waals surface area contributed by atoms with Crippen molar-refractivity contribution in [3.05, 3.63) is 95.9 Å². The quantitative estimate of drug-likeness (QED) is 0.305. The lowest BCUT2D eigenvalue weighted by atomic mass is 10.1. The van der Waals surface area contributed by atoms with Gasteiger partial charge in [0.05, 0.1) is 19.8 Å². The highest BCUT2D eigenvalue weighted by atomic mass is 19.1. The number of benzene rings is 3. The summed E-state index contributed by atoms with van der Waals surface area (Å²) in [5.41, 5.74) is 2.99. The molecule has 0 saturated carbocycles. The number of aliphatic hydroxyl groups is 1. The Morgan fingerprint density at radius 3 is 2.50 bits per heavy atom. The van der Waals surface area contributed by atoms with Gasteiger partial charge in [-0.15, -0.1) is 0 Å². The van der Waals surface area contributed by atoms with Crippen LogP contribution in [-0.2, 0) is 16.0 Å². The maximum absolute atomic E-state index is 14.5. The molecule has 1 fully saturated rings. The Labute approximate surface area is 208 Å². The number of nitrogens with zero attached hydrogens (tertiary/aromatic N) is 1. The Balaban J connectivity index is 1.45. The second-order valence-electron chi connectivity index (χ2n) is 9.00. The first-order valence-electron chi connectivity index (χ1n) is 11.9. The zero-order valence-electron chi connectivity index (χ0n) is 19.9. The number of anilines is 2. The van der Waals surface area contributed by atoms with E-state index in [-0.39, 0.29) is 24.7 Å². The van der Waals surface area contributed by atoms with Crippen LogP contribution in [0.15, 0.2) is 78.9 Å². The highest BCUT2D eigenvalue weighted by Crippen LogP contribution is 2.28. The third kappa shape index (κ3) is 5.26. The molecular weight excluding hydrogens is 461 g/mol. The van der Waals surface area contributed by atoms with Crippen molar-refractivity contribution in [3.63, 3.8) is 0 Å². The molecule has 0 aliphatic carbocycles. The summed E-state index contributed by atoms with van der Waals surface area (Å²) in [5.74, 6) is -1.46. The van der Waals surface area contributed by atoms with Crippen molar-refractivity contribution in [3.8, 4) is 0 Å². The molecule has 4 aromatic rings. The lowest BCUT2D eigenvalue weighted by Gasteiger charge is -2.26. The van der Waals surface area contributed by atoms with Crippen LogP contribution in [0.2, 0.25) is 0 Å². The van der Waals surface area contributed by atoms with Crippen LogP contribution in [0.4, 0.5) is 15.8 Å². The van der Waals surface area contributed by atoms with Gasteiger partial charge in [0.1, 0.15) is 17.7 Å². The van der Waals surface area contributed by atoms with Crippen molar-refractivity contribution < 1.29 is 23.8 Å². The predicted molar refractivity (Wildman–Crippen MR) is 136 cm³/mol. The molecule has 1 aliphatic rings. The molecule has 1 amide bonds. The molecule has 2 heterocycles. The molecule has 0 bridgehead atoms. The summed E-state index contributed by atoms with van der Waals surface area (Å²) >= 11 is 0. The SMILES string of the molecule is CC1(CC(O)Nc2ccc3c(c2)cc(C(=O)Nc2ccccc2)n3Cc2ccccc2F)OCCO1. The summed E-state index contributed by atoms with van der Waals surface area (Å²) in [6.07, 6.45) is -0.642. The van der Waals surface area contributed by atoms with Crippen molar-refractivity contribution in [1.82, 2.24) is 4.57 Å². The molecule has 1 unspecified atom stereocenters. The van der Waals surface area contributed by atoms with E-state index in [1.165, 1.54) is 6.07 Å². The molecule has 5 rings (SSSR count). The van der Waals surface area contributed by atoms with Crippen molar-refractivity contribution in [2.75, 3.05) is 23.8 Å². The molecule has 0 radical (unpaired) electrons. The molecule has 1 aromatic heterocycles. The number of rotatable bonds is 8. The van der Waals surface area contributed by atoms with Crippen LogP contribution in [0.3, 0.4) is 0 Å². The number of aromatic nitrogens is 1. The first kappa shape index (κ1) is 24.0. The minimum absolute atomic E-state index is 0.191. The van der Waals surface area contributed by atoms with Gasteiger partial charge in [0.2, 0.25) is 0 Å². The van der Waals surface area contributed by atoms with E-state index in [0.29, 0.717) is 35.8 Å². The van der Waals surface area contributed by atoms with E-state index < -0.39 is 12.0 Å². The first-order chi connectivity index (χ1) is 17.4. The topological polar surface area (TPSA) is 84.8 Å². The summed E-state index contributed by atoms with van der Waals surface area (Å²) in [5, 5.41) is 17.3. The molecule has 0 spiro atoms. The Kier molecular flexibility index (Phi) is 6.73. The van der Waals surface area contributed by atoms with Gasteiger partial charge in [-0.3, -0.25) is 4.79 Å². The number of carbonyl (C=O) groups is 1. The summed E-state index contributed by atoms with van der Waals surface area (Å²) in [6, 6.07) is 23.0. The van der Waals surface area contributed by atoms with Gasteiger partial charge in [-0.05, 0) is 49.4 Å². The molecule has 8 heteroatoms. The molecule has 3 aromatic carbocycles. The van der Waals surface area contributed by atoms with Crippen molar-refractivity contribution in [1.29, 1.82) is 0 Å². The summed E-state index contributed by atoms with van der Waals surface area (Å²) < 4.78 is 27.5. The van der Waals surface area contributed by atoms with Crippen molar-refractivity contribution in [2.24, 2.45) is 0 Å². The minimum atomic E-state index is -0.896. The molecule has 1 saturated heterocycles. The molecule has 7 nitrogen and oxygen atoms in total. The number of aliphatic hydroxyl groups excluding tert-OH is 1.